The molecule has 1 aromatic heterocycles. The van der Waals surface area contributed by atoms with Gasteiger partial charge in [0.05, 0.1) is 17.7 Å². The normalized spacial score (nSPS) is 18.6. The number of rotatable bonds is 8. The number of nitrogens with zero attached hydrogens (tertiary/aromatic N) is 2. The second kappa shape index (κ2) is 10.8. The minimum atomic E-state index is -0.436. The van der Waals surface area contributed by atoms with Crippen LogP contribution in [0.4, 0.5) is 0 Å². The van der Waals surface area contributed by atoms with Crippen LogP contribution in [0.5, 0.6) is 0 Å². The van der Waals surface area contributed by atoms with E-state index in [2.05, 4.69) is 88.9 Å². The third-order valence-electron chi connectivity index (χ3n) is 8.48. The molecular formula is C34H36N2O3. The van der Waals surface area contributed by atoms with Crippen LogP contribution < -0.4 is 0 Å². The fraction of sp³-hybridized carbons (Fsp3) is 0.353. The van der Waals surface area contributed by atoms with Crippen LogP contribution in [0.2, 0.25) is 0 Å². The minimum absolute atomic E-state index is 0.0969. The average Bonchev–Trinajstić information content (AvgIpc) is 3.73. The van der Waals surface area contributed by atoms with Gasteiger partial charge in [-0.1, -0.05) is 84.0 Å². The molecule has 1 unspecified atom stereocenters. The Morgan fingerprint density at radius 2 is 1.64 bits per heavy atom. The first-order valence-corrected chi connectivity index (χ1v) is 14.2. The highest BCUT2D eigenvalue weighted by Crippen LogP contribution is 2.49. The maximum absolute atomic E-state index is 12.5. The molecule has 5 heteroatoms. The Kier molecular flexibility index (Phi) is 7.09. The maximum Gasteiger partial charge on any atom is 0.316 e. The number of carbonyl (C=O) groups is 1. The van der Waals surface area contributed by atoms with Crippen LogP contribution in [0.25, 0.3) is 22.5 Å². The molecule has 3 aromatic carbocycles. The van der Waals surface area contributed by atoms with E-state index < -0.39 is 5.41 Å². The Morgan fingerprint density at radius 1 is 0.974 bits per heavy atom. The first kappa shape index (κ1) is 25.6. The Labute approximate surface area is 230 Å². The molecule has 2 aliphatic rings. The Hall–Kier alpha value is -3.70. The minimum Gasteiger partial charge on any atom is -0.465 e. The quantitative estimate of drug-likeness (QED) is 0.228. The standard InChI is InChI=1S/C34H36N2O3/c1-3-38-33(37)34(19-20-34)30-17-15-27(16-18-30)26-11-13-28(14-12-26)32-31(24(2)35-39-32)23-36-21-7-10-29(22-36)25-8-5-4-6-9-25/h4-6,8-9,11-18,29H,3,7,10,19-23H2,1-2H3. The van der Waals surface area contributed by atoms with Crippen molar-refractivity contribution in [2.24, 2.45) is 0 Å². The summed E-state index contributed by atoms with van der Waals surface area (Å²) in [5.74, 6) is 1.34. The lowest BCUT2D eigenvalue weighted by Gasteiger charge is -2.33. The lowest BCUT2D eigenvalue weighted by atomic mass is 9.90. The van der Waals surface area contributed by atoms with E-state index in [0.717, 1.165) is 66.2 Å². The molecule has 1 aliphatic heterocycles. The third-order valence-corrected chi connectivity index (χ3v) is 8.48. The van der Waals surface area contributed by atoms with Crippen LogP contribution in [-0.2, 0) is 21.5 Å². The summed E-state index contributed by atoms with van der Waals surface area (Å²) in [6.45, 7) is 7.32. The molecule has 0 N–H and O–H groups in total. The maximum atomic E-state index is 12.5. The van der Waals surface area contributed by atoms with Gasteiger partial charge in [-0.3, -0.25) is 9.69 Å². The van der Waals surface area contributed by atoms with Gasteiger partial charge in [0.25, 0.3) is 0 Å². The molecule has 0 bridgehead atoms. The molecule has 0 spiro atoms. The summed E-state index contributed by atoms with van der Waals surface area (Å²) in [6, 6.07) is 27.8. The van der Waals surface area contributed by atoms with Crippen molar-refractivity contribution in [1.82, 2.24) is 10.1 Å². The molecule has 1 saturated heterocycles. The van der Waals surface area contributed by atoms with E-state index >= 15 is 0 Å². The average molecular weight is 521 g/mol. The van der Waals surface area contributed by atoms with E-state index in [1.165, 1.54) is 24.0 Å². The Balaban J connectivity index is 1.17. The second-order valence-corrected chi connectivity index (χ2v) is 11.0. The van der Waals surface area contributed by atoms with Crippen molar-refractivity contribution in [3.8, 4) is 22.5 Å². The number of carbonyl (C=O) groups excluding carboxylic acids is 1. The van der Waals surface area contributed by atoms with Gasteiger partial charge in [0.1, 0.15) is 0 Å². The number of esters is 1. The molecule has 4 aromatic rings. The number of aryl methyl sites for hydroxylation is 1. The largest absolute Gasteiger partial charge is 0.465 e. The van der Waals surface area contributed by atoms with Crippen molar-refractivity contribution in [3.05, 3.63) is 101 Å². The molecule has 6 rings (SSSR count). The number of piperidine rings is 1. The Bertz CT molecular complexity index is 1420. The first-order chi connectivity index (χ1) is 19.1. The monoisotopic (exact) mass is 520 g/mol. The fourth-order valence-corrected chi connectivity index (χ4v) is 6.02. The number of aromatic nitrogens is 1. The summed E-state index contributed by atoms with van der Waals surface area (Å²) >= 11 is 0. The van der Waals surface area contributed by atoms with Crippen molar-refractivity contribution >= 4 is 5.97 Å². The topological polar surface area (TPSA) is 55.6 Å². The van der Waals surface area contributed by atoms with Gasteiger partial charge in [-0.05, 0) is 74.2 Å². The highest BCUT2D eigenvalue weighted by molar-refractivity contribution is 5.87. The van der Waals surface area contributed by atoms with Crippen LogP contribution in [0, 0.1) is 6.92 Å². The summed E-state index contributed by atoms with van der Waals surface area (Å²) in [5.41, 5.74) is 7.48. The van der Waals surface area contributed by atoms with Gasteiger partial charge in [-0.15, -0.1) is 0 Å². The first-order valence-electron chi connectivity index (χ1n) is 14.2. The zero-order valence-electron chi connectivity index (χ0n) is 22.9. The third kappa shape index (κ3) is 5.16. The van der Waals surface area contributed by atoms with Gasteiger partial charge in [0.15, 0.2) is 5.76 Å². The van der Waals surface area contributed by atoms with Crippen molar-refractivity contribution in [3.63, 3.8) is 0 Å². The predicted octanol–water partition coefficient (Wildman–Crippen LogP) is 7.29. The van der Waals surface area contributed by atoms with Gasteiger partial charge in [0, 0.05) is 24.2 Å². The summed E-state index contributed by atoms with van der Waals surface area (Å²) < 4.78 is 11.2. The molecule has 1 saturated carbocycles. The molecule has 2 fully saturated rings. The van der Waals surface area contributed by atoms with Crippen molar-refractivity contribution < 1.29 is 14.1 Å². The van der Waals surface area contributed by atoms with Gasteiger partial charge in [-0.2, -0.15) is 0 Å². The van der Waals surface area contributed by atoms with Crippen LogP contribution in [0.15, 0.2) is 83.4 Å². The van der Waals surface area contributed by atoms with E-state index in [4.69, 9.17) is 9.26 Å². The molecule has 1 atom stereocenters. The summed E-state index contributed by atoms with van der Waals surface area (Å²) in [7, 11) is 0. The van der Waals surface area contributed by atoms with Crippen molar-refractivity contribution in [2.45, 2.75) is 57.4 Å². The van der Waals surface area contributed by atoms with E-state index in [1.54, 1.807) is 0 Å². The number of ether oxygens (including phenoxy) is 1. The lowest BCUT2D eigenvalue weighted by molar-refractivity contribution is -0.146. The van der Waals surface area contributed by atoms with Crippen LogP contribution in [0.3, 0.4) is 0 Å². The van der Waals surface area contributed by atoms with E-state index in [0.29, 0.717) is 12.5 Å². The van der Waals surface area contributed by atoms with Crippen molar-refractivity contribution in [1.29, 1.82) is 0 Å². The molecule has 2 heterocycles. The van der Waals surface area contributed by atoms with E-state index in [9.17, 15) is 4.79 Å². The van der Waals surface area contributed by atoms with Gasteiger partial charge in [0.2, 0.25) is 0 Å². The van der Waals surface area contributed by atoms with Gasteiger partial charge < -0.3 is 9.26 Å². The lowest BCUT2D eigenvalue weighted by Crippen LogP contribution is -2.34. The molecule has 39 heavy (non-hydrogen) atoms. The van der Waals surface area contributed by atoms with Crippen LogP contribution in [-0.4, -0.2) is 35.7 Å². The number of hydrogen-bond donors (Lipinski definition) is 0. The SMILES string of the molecule is CCOC(=O)C1(c2ccc(-c3ccc(-c4onc(C)c4CN4CCCC(c5ccccc5)C4)cc3)cc2)CC1. The molecule has 200 valence electrons. The zero-order valence-corrected chi connectivity index (χ0v) is 22.9. The van der Waals surface area contributed by atoms with Gasteiger partial charge in [-0.25, -0.2) is 0 Å². The second-order valence-electron chi connectivity index (χ2n) is 11.0. The molecule has 5 nitrogen and oxygen atoms in total. The van der Waals surface area contributed by atoms with Crippen molar-refractivity contribution in [2.75, 3.05) is 19.7 Å². The van der Waals surface area contributed by atoms with Crippen LogP contribution >= 0.6 is 0 Å². The smallest absolute Gasteiger partial charge is 0.316 e. The molecular weight excluding hydrogens is 484 g/mol. The predicted molar refractivity (Wildman–Crippen MR) is 153 cm³/mol. The zero-order chi connectivity index (χ0) is 26.8. The molecule has 1 aliphatic carbocycles. The fourth-order valence-electron chi connectivity index (χ4n) is 6.02. The van der Waals surface area contributed by atoms with Gasteiger partial charge >= 0.3 is 5.97 Å². The summed E-state index contributed by atoms with van der Waals surface area (Å²) in [4.78, 5) is 15.0. The Morgan fingerprint density at radius 3 is 2.31 bits per heavy atom. The molecule has 0 radical (unpaired) electrons. The summed E-state index contributed by atoms with van der Waals surface area (Å²) in [5, 5.41) is 4.34. The number of benzene rings is 3. The van der Waals surface area contributed by atoms with E-state index in [1.807, 2.05) is 13.8 Å². The number of likely N-dealkylation sites (tertiary alicyclic amines) is 1. The highest BCUT2D eigenvalue weighted by Gasteiger charge is 2.52. The number of hydrogen-bond acceptors (Lipinski definition) is 5. The highest BCUT2D eigenvalue weighted by atomic mass is 16.5. The van der Waals surface area contributed by atoms with E-state index in [-0.39, 0.29) is 5.97 Å². The van der Waals surface area contributed by atoms with Crippen LogP contribution in [0.1, 0.15) is 60.9 Å². The summed E-state index contributed by atoms with van der Waals surface area (Å²) in [6.07, 6.45) is 4.17. The molecule has 0 amide bonds.